The molecule has 0 heterocycles. The highest BCUT2D eigenvalue weighted by Gasteiger charge is 2.06. The Morgan fingerprint density at radius 3 is 2.69 bits per heavy atom. The largest absolute Gasteiger partial charge is 0.490 e. The van der Waals surface area contributed by atoms with E-state index < -0.39 is 6.10 Å². The molecule has 0 bridgehead atoms. The first kappa shape index (κ1) is 10.9. The molecule has 3 heteroatoms. The second kappa shape index (κ2) is 4.96. The molecule has 16 heavy (non-hydrogen) atoms. The molecule has 3 nitrogen and oxygen atoms in total. The Bertz CT molecular complexity index is 465. The molecule has 0 amide bonds. The predicted molar refractivity (Wildman–Crippen MR) is 63.2 cm³/mol. The molecule has 4 N–H and O–H groups in total. The van der Waals surface area contributed by atoms with Crippen LogP contribution < -0.4 is 10.5 Å². The first-order chi connectivity index (χ1) is 7.81. The number of aliphatic hydroxyl groups excluding tert-OH is 1. The van der Waals surface area contributed by atoms with Crippen molar-refractivity contribution in [3.05, 3.63) is 42.5 Å². The third-order valence-corrected chi connectivity index (χ3v) is 2.51. The molecule has 0 aliphatic carbocycles. The van der Waals surface area contributed by atoms with Crippen LogP contribution in [0.2, 0.25) is 0 Å². The van der Waals surface area contributed by atoms with Crippen LogP contribution in [0.4, 0.5) is 0 Å². The van der Waals surface area contributed by atoms with Gasteiger partial charge in [-0.25, -0.2) is 0 Å². The van der Waals surface area contributed by atoms with Crippen molar-refractivity contribution < 1.29 is 15.6 Å². The molecule has 0 saturated carbocycles. The van der Waals surface area contributed by atoms with Gasteiger partial charge in [-0.3, -0.25) is 0 Å². The Balaban J connectivity index is 2.23. The maximum Gasteiger partial charge on any atom is 0.136 e. The van der Waals surface area contributed by atoms with E-state index in [-0.39, 0.29) is 6.61 Å². The molecule has 1 unspecified atom stereocenters. The van der Waals surface area contributed by atoms with Crippen LogP contribution in [-0.4, -0.2) is 24.4 Å². The van der Waals surface area contributed by atoms with Gasteiger partial charge >= 0.3 is 0 Å². The summed E-state index contributed by atoms with van der Waals surface area (Å²) in [4.78, 5) is 0. The van der Waals surface area contributed by atoms with E-state index in [1.165, 1.54) is 0 Å². The fourth-order valence-electron chi connectivity index (χ4n) is 1.59. The number of rotatable bonds is 4. The Morgan fingerprint density at radius 2 is 1.88 bits per heavy atom. The van der Waals surface area contributed by atoms with E-state index in [1.807, 2.05) is 42.5 Å². The Kier molecular flexibility index (Phi) is 3.39. The van der Waals surface area contributed by atoms with Gasteiger partial charge < -0.3 is 15.6 Å². The summed E-state index contributed by atoms with van der Waals surface area (Å²) in [6, 6.07) is 13.9. The topological polar surface area (TPSA) is 57.1 Å². The van der Waals surface area contributed by atoms with Gasteiger partial charge in [0.1, 0.15) is 25.0 Å². The second-order valence-electron chi connectivity index (χ2n) is 3.73. The average molecular weight is 218 g/mol. The normalized spacial score (nSPS) is 12.6. The van der Waals surface area contributed by atoms with E-state index in [9.17, 15) is 5.11 Å². The standard InChI is InChI=1S/C13H15NO2/c14-8-11(15)9-16-13-7-3-5-10-4-1-2-6-12(10)13/h1-7,11,15H,8-9,14H2/p+1. The van der Waals surface area contributed by atoms with E-state index in [0.717, 1.165) is 16.5 Å². The fourth-order valence-corrected chi connectivity index (χ4v) is 1.59. The van der Waals surface area contributed by atoms with E-state index in [0.29, 0.717) is 6.54 Å². The molecule has 0 saturated heterocycles. The lowest BCUT2D eigenvalue weighted by molar-refractivity contribution is -0.384. The number of quaternary nitrogens is 1. The zero-order valence-corrected chi connectivity index (χ0v) is 9.10. The smallest absolute Gasteiger partial charge is 0.136 e. The minimum Gasteiger partial charge on any atom is -0.490 e. The van der Waals surface area contributed by atoms with Crippen LogP contribution in [0, 0.1) is 0 Å². The minimum atomic E-state index is -0.501. The molecule has 0 fully saturated rings. The fraction of sp³-hybridized carbons (Fsp3) is 0.231. The third-order valence-electron chi connectivity index (χ3n) is 2.51. The van der Waals surface area contributed by atoms with Crippen molar-refractivity contribution in [3.63, 3.8) is 0 Å². The molecular weight excluding hydrogens is 202 g/mol. The highest BCUT2D eigenvalue weighted by Crippen LogP contribution is 2.24. The minimum absolute atomic E-state index is 0.289. The molecule has 0 spiro atoms. The monoisotopic (exact) mass is 218 g/mol. The van der Waals surface area contributed by atoms with Crippen molar-refractivity contribution in [1.29, 1.82) is 0 Å². The highest BCUT2D eigenvalue weighted by atomic mass is 16.5. The SMILES string of the molecule is [NH3+]CC(O)COc1cccc2ccccc12. The predicted octanol–water partition coefficient (Wildman–Crippen LogP) is 0.821. The molecule has 0 aliphatic rings. The summed E-state index contributed by atoms with van der Waals surface area (Å²) >= 11 is 0. The maximum absolute atomic E-state index is 9.40. The van der Waals surface area contributed by atoms with Gasteiger partial charge in [-0.2, -0.15) is 0 Å². The lowest BCUT2D eigenvalue weighted by Crippen LogP contribution is -2.56. The first-order valence-corrected chi connectivity index (χ1v) is 5.39. The van der Waals surface area contributed by atoms with Gasteiger partial charge in [-0.15, -0.1) is 0 Å². The first-order valence-electron chi connectivity index (χ1n) is 5.39. The summed E-state index contributed by atoms with van der Waals surface area (Å²) in [5.74, 6) is 0.811. The van der Waals surface area contributed by atoms with Crippen LogP contribution in [0.25, 0.3) is 10.8 Å². The number of ether oxygens (including phenoxy) is 1. The number of hydrogen-bond acceptors (Lipinski definition) is 2. The molecule has 2 aromatic rings. The summed E-state index contributed by atoms with van der Waals surface area (Å²) in [7, 11) is 0. The second-order valence-corrected chi connectivity index (χ2v) is 3.73. The number of benzene rings is 2. The van der Waals surface area contributed by atoms with Crippen molar-refractivity contribution >= 4 is 10.8 Å². The lowest BCUT2D eigenvalue weighted by atomic mass is 10.1. The van der Waals surface area contributed by atoms with Crippen molar-refractivity contribution in [2.75, 3.05) is 13.2 Å². The van der Waals surface area contributed by atoms with Gasteiger partial charge in [0, 0.05) is 5.39 Å². The van der Waals surface area contributed by atoms with Crippen molar-refractivity contribution in [1.82, 2.24) is 0 Å². The Labute approximate surface area is 94.5 Å². The average Bonchev–Trinajstić information content (AvgIpc) is 2.35. The van der Waals surface area contributed by atoms with Gasteiger partial charge in [0.25, 0.3) is 0 Å². The zero-order valence-electron chi connectivity index (χ0n) is 9.10. The number of hydrogen-bond donors (Lipinski definition) is 2. The van der Waals surface area contributed by atoms with Crippen molar-refractivity contribution in [3.8, 4) is 5.75 Å². The number of aliphatic hydroxyl groups is 1. The van der Waals surface area contributed by atoms with Crippen LogP contribution in [0.3, 0.4) is 0 Å². The summed E-state index contributed by atoms with van der Waals surface area (Å²) in [6.07, 6.45) is -0.501. The molecule has 0 radical (unpaired) electrons. The van der Waals surface area contributed by atoms with Gasteiger partial charge in [0.2, 0.25) is 0 Å². The Morgan fingerprint density at radius 1 is 1.12 bits per heavy atom. The Hall–Kier alpha value is -1.58. The van der Waals surface area contributed by atoms with Crippen LogP contribution in [0.15, 0.2) is 42.5 Å². The molecule has 84 valence electrons. The van der Waals surface area contributed by atoms with E-state index in [4.69, 9.17) is 4.74 Å². The number of fused-ring (bicyclic) bond motifs is 1. The molecule has 1 atom stereocenters. The van der Waals surface area contributed by atoms with Gasteiger partial charge in [-0.05, 0) is 11.5 Å². The summed E-state index contributed by atoms with van der Waals surface area (Å²) in [6.45, 7) is 0.752. The molecule has 0 aromatic heterocycles. The third kappa shape index (κ3) is 2.32. The molecular formula is C13H16NO2+. The van der Waals surface area contributed by atoms with E-state index >= 15 is 0 Å². The summed E-state index contributed by atoms with van der Waals surface area (Å²) < 4.78 is 5.58. The van der Waals surface area contributed by atoms with Crippen molar-refractivity contribution in [2.24, 2.45) is 0 Å². The lowest BCUT2D eigenvalue weighted by Gasteiger charge is -2.11. The van der Waals surface area contributed by atoms with Crippen LogP contribution in [0.5, 0.6) is 5.75 Å². The summed E-state index contributed by atoms with van der Waals surface area (Å²) in [5, 5.41) is 11.6. The van der Waals surface area contributed by atoms with E-state index in [2.05, 4.69) is 5.73 Å². The quantitative estimate of drug-likeness (QED) is 0.798. The van der Waals surface area contributed by atoms with Crippen LogP contribution in [-0.2, 0) is 0 Å². The molecule has 0 aliphatic heterocycles. The highest BCUT2D eigenvalue weighted by molar-refractivity contribution is 5.88. The van der Waals surface area contributed by atoms with Gasteiger partial charge in [-0.1, -0.05) is 36.4 Å². The van der Waals surface area contributed by atoms with Crippen LogP contribution in [0.1, 0.15) is 0 Å². The van der Waals surface area contributed by atoms with Gasteiger partial charge in [0.05, 0.1) is 0 Å². The van der Waals surface area contributed by atoms with Crippen molar-refractivity contribution in [2.45, 2.75) is 6.10 Å². The maximum atomic E-state index is 9.40. The summed E-state index contributed by atoms with van der Waals surface area (Å²) in [5.41, 5.74) is 3.63. The van der Waals surface area contributed by atoms with Crippen LogP contribution >= 0.6 is 0 Å². The molecule has 2 rings (SSSR count). The zero-order chi connectivity index (χ0) is 11.4. The van der Waals surface area contributed by atoms with Gasteiger partial charge in [0.15, 0.2) is 0 Å². The molecule has 2 aromatic carbocycles. The van der Waals surface area contributed by atoms with E-state index in [1.54, 1.807) is 0 Å².